The fourth-order valence-corrected chi connectivity index (χ4v) is 2.37. The molecule has 0 unspecified atom stereocenters. The van der Waals surface area contributed by atoms with Gasteiger partial charge in [-0.1, -0.05) is 34.8 Å². The summed E-state index contributed by atoms with van der Waals surface area (Å²) in [5, 5.41) is 11.5. The van der Waals surface area contributed by atoms with E-state index in [2.05, 4.69) is 5.43 Å². The highest BCUT2D eigenvalue weighted by Gasteiger charge is 2.29. The monoisotopic (exact) mass is 344 g/mol. The van der Waals surface area contributed by atoms with Crippen molar-refractivity contribution >= 4 is 40.5 Å². The number of allylic oxidation sites excluding steroid dienone is 1. The Hall–Kier alpha value is -1.74. The van der Waals surface area contributed by atoms with Crippen molar-refractivity contribution in [3.63, 3.8) is 0 Å². The number of benzene rings is 1. The first kappa shape index (κ1) is 15.6. The minimum absolute atomic E-state index is 0.200. The number of hydrogen-bond acceptors (Lipinski definition) is 5. The van der Waals surface area contributed by atoms with E-state index in [1.807, 2.05) is 13.0 Å². The number of hydrogen-bond donors (Lipinski definition) is 2. The third kappa shape index (κ3) is 2.84. The molecule has 0 aromatic heterocycles. The lowest BCUT2D eigenvalue weighted by Crippen LogP contribution is -2.33. The number of nitrogens with zero attached hydrogens (tertiary/aromatic N) is 2. The fourth-order valence-electron chi connectivity index (χ4n) is 1.76. The molecule has 110 valence electrons. The molecule has 0 fully saturated rings. The molecule has 1 aromatic carbocycles. The van der Waals surface area contributed by atoms with E-state index in [1.165, 1.54) is 11.3 Å². The van der Waals surface area contributed by atoms with Gasteiger partial charge in [-0.2, -0.15) is 5.26 Å². The lowest BCUT2D eigenvalue weighted by Gasteiger charge is -2.22. The summed E-state index contributed by atoms with van der Waals surface area (Å²) in [5.41, 5.74) is 9.86. The molecular weight excluding hydrogens is 335 g/mol. The summed E-state index contributed by atoms with van der Waals surface area (Å²) >= 11 is 18.2. The Morgan fingerprint density at radius 2 is 2.10 bits per heavy atom. The van der Waals surface area contributed by atoms with Gasteiger partial charge in [-0.15, -0.1) is 0 Å². The van der Waals surface area contributed by atoms with E-state index in [9.17, 15) is 5.26 Å². The number of nitriles is 1. The van der Waals surface area contributed by atoms with Crippen LogP contribution in [-0.2, 0) is 4.74 Å². The maximum Gasteiger partial charge on any atom is 0.136 e. The summed E-state index contributed by atoms with van der Waals surface area (Å²) < 4.78 is 5.26. The molecule has 1 heterocycles. The van der Waals surface area contributed by atoms with Gasteiger partial charge in [0, 0.05) is 0 Å². The summed E-state index contributed by atoms with van der Waals surface area (Å²) in [7, 11) is 0. The van der Waals surface area contributed by atoms with Crippen LogP contribution in [0.1, 0.15) is 6.92 Å². The van der Waals surface area contributed by atoms with Gasteiger partial charge in [-0.05, 0) is 19.1 Å². The number of halogens is 3. The maximum atomic E-state index is 9.21. The molecule has 0 saturated carbocycles. The molecule has 5 nitrogen and oxygen atoms in total. The SMILES string of the molecule is CCOC=C1C(C#N)=C(N)NN1c1ccc(Cl)c(Cl)c1Cl. The van der Waals surface area contributed by atoms with E-state index in [-0.39, 0.29) is 21.4 Å². The predicted molar refractivity (Wildman–Crippen MR) is 83.6 cm³/mol. The van der Waals surface area contributed by atoms with E-state index < -0.39 is 0 Å². The third-order valence-corrected chi connectivity index (χ3v) is 4.01. The molecule has 0 amide bonds. The second-order valence-electron chi connectivity index (χ2n) is 4.00. The quantitative estimate of drug-likeness (QED) is 0.647. The molecule has 1 aliphatic rings. The van der Waals surface area contributed by atoms with Crippen molar-refractivity contribution in [3.8, 4) is 6.07 Å². The molecular formula is C13H11Cl3N4O. The topological polar surface area (TPSA) is 74.3 Å². The van der Waals surface area contributed by atoms with E-state index in [0.717, 1.165) is 0 Å². The third-order valence-electron chi connectivity index (χ3n) is 2.73. The molecule has 0 atom stereocenters. The van der Waals surface area contributed by atoms with Crippen molar-refractivity contribution in [2.24, 2.45) is 5.73 Å². The first-order valence-electron chi connectivity index (χ1n) is 5.93. The Bertz CT molecular complexity index is 679. The van der Waals surface area contributed by atoms with Gasteiger partial charge in [0.2, 0.25) is 0 Å². The van der Waals surface area contributed by atoms with Crippen molar-refractivity contribution in [2.45, 2.75) is 6.92 Å². The average molecular weight is 346 g/mol. The van der Waals surface area contributed by atoms with Crippen LogP contribution in [0, 0.1) is 11.3 Å². The summed E-state index contributed by atoms with van der Waals surface area (Å²) in [6, 6.07) is 5.28. The normalized spacial score (nSPS) is 16.1. The molecule has 0 aliphatic carbocycles. The standard InChI is InChI=1S/C13H11Cl3N4O/c1-2-21-6-10-7(5-17)13(18)19-20(10)9-4-3-8(14)11(15)12(9)16/h3-4,6,19H,2,18H2,1H3. The summed E-state index contributed by atoms with van der Waals surface area (Å²) in [4.78, 5) is 0. The van der Waals surface area contributed by atoms with Crippen LogP contribution in [0.4, 0.5) is 5.69 Å². The first-order valence-corrected chi connectivity index (χ1v) is 7.06. The molecule has 0 radical (unpaired) electrons. The van der Waals surface area contributed by atoms with Crippen LogP contribution in [-0.4, -0.2) is 6.61 Å². The van der Waals surface area contributed by atoms with Crippen LogP contribution in [0.3, 0.4) is 0 Å². The Balaban J connectivity index is 2.50. The molecule has 1 aliphatic heterocycles. The molecule has 0 saturated heterocycles. The number of rotatable bonds is 3. The fraction of sp³-hybridized carbons (Fsp3) is 0.154. The van der Waals surface area contributed by atoms with E-state index in [1.54, 1.807) is 12.1 Å². The van der Waals surface area contributed by atoms with Crippen LogP contribution in [0.25, 0.3) is 0 Å². The van der Waals surface area contributed by atoms with Crippen molar-refractivity contribution in [1.29, 1.82) is 5.26 Å². The summed E-state index contributed by atoms with van der Waals surface area (Å²) in [6.07, 6.45) is 1.43. The summed E-state index contributed by atoms with van der Waals surface area (Å²) in [5.74, 6) is 0.200. The van der Waals surface area contributed by atoms with Crippen LogP contribution in [0.5, 0.6) is 0 Å². The average Bonchev–Trinajstić information content (AvgIpc) is 2.78. The highest BCUT2D eigenvalue weighted by atomic mass is 35.5. The molecule has 0 bridgehead atoms. The number of anilines is 1. The lowest BCUT2D eigenvalue weighted by atomic mass is 10.2. The summed E-state index contributed by atoms with van der Waals surface area (Å²) in [6.45, 7) is 2.28. The van der Waals surface area contributed by atoms with Crippen LogP contribution < -0.4 is 16.2 Å². The van der Waals surface area contributed by atoms with Gasteiger partial charge >= 0.3 is 0 Å². The van der Waals surface area contributed by atoms with Gasteiger partial charge in [-0.3, -0.25) is 5.43 Å². The van der Waals surface area contributed by atoms with Crippen molar-refractivity contribution in [2.75, 3.05) is 11.6 Å². The van der Waals surface area contributed by atoms with Crippen molar-refractivity contribution in [1.82, 2.24) is 5.43 Å². The van der Waals surface area contributed by atoms with Crippen LogP contribution in [0.2, 0.25) is 15.1 Å². The number of hydrazine groups is 1. The van der Waals surface area contributed by atoms with Gasteiger partial charge in [0.1, 0.15) is 29.4 Å². The molecule has 2 rings (SSSR count). The number of ether oxygens (including phenoxy) is 1. The zero-order valence-corrected chi connectivity index (χ0v) is 13.2. The lowest BCUT2D eigenvalue weighted by molar-refractivity contribution is 0.266. The van der Waals surface area contributed by atoms with Gasteiger partial charge in [-0.25, -0.2) is 5.01 Å². The maximum absolute atomic E-state index is 9.21. The second-order valence-corrected chi connectivity index (χ2v) is 5.16. The largest absolute Gasteiger partial charge is 0.499 e. The number of nitrogens with one attached hydrogen (secondary N) is 1. The predicted octanol–water partition coefficient (Wildman–Crippen LogP) is 3.54. The van der Waals surface area contributed by atoms with Crippen molar-refractivity contribution < 1.29 is 4.74 Å². The van der Waals surface area contributed by atoms with Crippen molar-refractivity contribution in [3.05, 3.63) is 50.6 Å². The zero-order chi connectivity index (χ0) is 15.6. The van der Waals surface area contributed by atoms with Gasteiger partial charge in [0.05, 0.1) is 27.4 Å². The van der Waals surface area contributed by atoms with Gasteiger partial charge in [0.15, 0.2) is 0 Å². The molecule has 1 aromatic rings. The molecule has 3 N–H and O–H groups in total. The van der Waals surface area contributed by atoms with Crippen LogP contribution in [0.15, 0.2) is 35.5 Å². The Kier molecular flexibility index (Phi) is 4.73. The minimum atomic E-state index is 0.200. The van der Waals surface area contributed by atoms with Gasteiger partial charge < -0.3 is 10.5 Å². The Morgan fingerprint density at radius 1 is 1.38 bits per heavy atom. The van der Waals surface area contributed by atoms with E-state index in [0.29, 0.717) is 23.0 Å². The molecule has 0 spiro atoms. The van der Waals surface area contributed by atoms with E-state index in [4.69, 9.17) is 45.3 Å². The Labute approximate surface area is 137 Å². The molecule has 8 heteroatoms. The number of nitrogens with two attached hydrogens (primary N) is 1. The zero-order valence-electron chi connectivity index (χ0n) is 11.0. The van der Waals surface area contributed by atoms with Gasteiger partial charge in [0.25, 0.3) is 0 Å². The second kappa shape index (κ2) is 6.35. The highest BCUT2D eigenvalue weighted by molar-refractivity contribution is 6.49. The van der Waals surface area contributed by atoms with Crippen LogP contribution >= 0.6 is 34.8 Å². The highest BCUT2D eigenvalue weighted by Crippen LogP contribution is 2.40. The Morgan fingerprint density at radius 3 is 2.71 bits per heavy atom. The first-order chi connectivity index (χ1) is 10.0. The smallest absolute Gasteiger partial charge is 0.136 e. The minimum Gasteiger partial charge on any atom is -0.499 e. The molecule has 21 heavy (non-hydrogen) atoms. The van der Waals surface area contributed by atoms with E-state index >= 15 is 0 Å².